The number of hydrogen-bond acceptors (Lipinski definition) is 5. The van der Waals surface area contributed by atoms with Gasteiger partial charge in [0.05, 0.1) is 18.0 Å². The van der Waals surface area contributed by atoms with E-state index in [1.165, 1.54) is 4.90 Å². The first kappa shape index (κ1) is 20.6. The van der Waals surface area contributed by atoms with Gasteiger partial charge in [-0.3, -0.25) is 19.0 Å². The molecule has 0 aliphatic carbocycles. The minimum Gasteiger partial charge on any atom is -0.497 e. The van der Waals surface area contributed by atoms with Crippen LogP contribution in [0, 0.1) is 0 Å². The van der Waals surface area contributed by atoms with Gasteiger partial charge in [-0.1, -0.05) is 0 Å². The number of carbonyl (C=O) groups is 2. The van der Waals surface area contributed by atoms with Crippen LogP contribution in [0.3, 0.4) is 0 Å². The van der Waals surface area contributed by atoms with Gasteiger partial charge in [-0.2, -0.15) is 0 Å². The van der Waals surface area contributed by atoms with Gasteiger partial charge in [-0.15, -0.1) is 0 Å². The van der Waals surface area contributed by atoms with Crippen LogP contribution in [0.2, 0.25) is 0 Å². The molecular formula is C23H24N4O4. The van der Waals surface area contributed by atoms with Crippen molar-refractivity contribution >= 4 is 28.4 Å². The molecule has 31 heavy (non-hydrogen) atoms. The van der Waals surface area contributed by atoms with Gasteiger partial charge in [-0.25, -0.2) is 4.98 Å². The number of aryl methyl sites for hydroxylation is 1. The molecule has 1 aliphatic rings. The zero-order chi connectivity index (χ0) is 22.0. The summed E-state index contributed by atoms with van der Waals surface area (Å²) >= 11 is 0. The lowest BCUT2D eigenvalue weighted by atomic mass is 10.1. The van der Waals surface area contributed by atoms with Crippen molar-refractivity contribution < 1.29 is 14.3 Å². The predicted octanol–water partition coefficient (Wildman–Crippen LogP) is 2.45. The van der Waals surface area contributed by atoms with Gasteiger partial charge in [-0.05, 0) is 55.8 Å². The lowest BCUT2D eigenvalue weighted by Crippen LogP contribution is -2.37. The number of nitrogens with zero attached hydrogens (tertiary/aromatic N) is 3. The van der Waals surface area contributed by atoms with E-state index >= 15 is 0 Å². The van der Waals surface area contributed by atoms with Crippen LogP contribution >= 0.6 is 0 Å². The molecule has 160 valence electrons. The van der Waals surface area contributed by atoms with E-state index in [2.05, 4.69) is 10.3 Å². The summed E-state index contributed by atoms with van der Waals surface area (Å²) in [4.78, 5) is 44.1. The molecule has 1 aromatic heterocycles. The Morgan fingerprint density at radius 1 is 1.19 bits per heavy atom. The number of fused-ring (bicyclic) bond motifs is 2. The first-order valence-electron chi connectivity index (χ1n) is 10.3. The standard InChI is InChI=1S/C23H24N4O4/c1-3-26(14-21(28)24-16-7-9-17(31-2)10-8-16)22(29)15-6-11-18-19(13-15)25-20-5-4-12-27(20)23(18)30/h6-11,13H,3-5,12,14H2,1-2H3,(H,24,28). The third-order valence-corrected chi connectivity index (χ3v) is 5.44. The molecule has 0 fully saturated rings. The first-order valence-corrected chi connectivity index (χ1v) is 10.3. The molecule has 0 atom stereocenters. The Balaban J connectivity index is 1.51. The molecule has 0 spiro atoms. The summed E-state index contributed by atoms with van der Waals surface area (Å²) in [5.74, 6) is 0.874. The Morgan fingerprint density at radius 2 is 1.97 bits per heavy atom. The Hall–Kier alpha value is -3.68. The maximum atomic E-state index is 13.0. The zero-order valence-electron chi connectivity index (χ0n) is 17.6. The number of hydrogen-bond donors (Lipinski definition) is 1. The summed E-state index contributed by atoms with van der Waals surface area (Å²) in [7, 11) is 1.57. The van der Waals surface area contributed by atoms with Crippen LogP contribution in [0.1, 0.15) is 29.5 Å². The van der Waals surface area contributed by atoms with E-state index < -0.39 is 0 Å². The Labute approximate surface area is 179 Å². The van der Waals surface area contributed by atoms with Crippen LogP contribution < -0.4 is 15.6 Å². The molecule has 0 radical (unpaired) electrons. The van der Waals surface area contributed by atoms with Gasteiger partial charge >= 0.3 is 0 Å². The lowest BCUT2D eigenvalue weighted by Gasteiger charge is -2.20. The summed E-state index contributed by atoms with van der Waals surface area (Å²) in [6, 6.07) is 11.9. The maximum Gasteiger partial charge on any atom is 0.261 e. The highest BCUT2D eigenvalue weighted by molar-refractivity contribution is 6.01. The quantitative estimate of drug-likeness (QED) is 0.661. The largest absolute Gasteiger partial charge is 0.497 e. The summed E-state index contributed by atoms with van der Waals surface area (Å²) in [6.07, 6.45) is 1.66. The topological polar surface area (TPSA) is 93.5 Å². The highest BCUT2D eigenvalue weighted by Gasteiger charge is 2.20. The van der Waals surface area contributed by atoms with Crippen molar-refractivity contribution in [3.63, 3.8) is 0 Å². The lowest BCUT2D eigenvalue weighted by molar-refractivity contribution is -0.116. The molecule has 2 heterocycles. The Morgan fingerprint density at radius 3 is 2.68 bits per heavy atom. The maximum absolute atomic E-state index is 13.0. The van der Waals surface area contributed by atoms with Crippen LogP contribution in [0.5, 0.6) is 5.75 Å². The van der Waals surface area contributed by atoms with Crippen molar-refractivity contribution in [1.29, 1.82) is 0 Å². The van der Waals surface area contributed by atoms with Crippen LogP contribution in [0.4, 0.5) is 5.69 Å². The third kappa shape index (κ3) is 4.14. The summed E-state index contributed by atoms with van der Waals surface area (Å²) in [5.41, 5.74) is 1.48. The average Bonchev–Trinajstić information content (AvgIpc) is 3.26. The van der Waals surface area contributed by atoms with Gasteiger partial charge in [0, 0.05) is 30.8 Å². The average molecular weight is 420 g/mol. The molecule has 0 saturated heterocycles. The third-order valence-electron chi connectivity index (χ3n) is 5.44. The molecule has 3 aromatic rings. The summed E-state index contributed by atoms with van der Waals surface area (Å²) < 4.78 is 6.81. The molecule has 0 saturated carbocycles. The number of amides is 2. The van der Waals surface area contributed by atoms with Crippen LogP contribution in [-0.4, -0.2) is 46.5 Å². The van der Waals surface area contributed by atoms with E-state index in [4.69, 9.17) is 4.74 Å². The molecule has 8 heteroatoms. The molecular weight excluding hydrogens is 396 g/mol. The monoisotopic (exact) mass is 420 g/mol. The van der Waals surface area contributed by atoms with Crippen molar-refractivity contribution in [2.45, 2.75) is 26.3 Å². The van der Waals surface area contributed by atoms with Crippen LogP contribution in [0.25, 0.3) is 10.9 Å². The number of rotatable bonds is 6. The second-order valence-electron chi connectivity index (χ2n) is 7.42. The number of methoxy groups -OCH3 is 1. The molecule has 1 aliphatic heterocycles. The number of ether oxygens (including phenoxy) is 1. The molecule has 2 aromatic carbocycles. The summed E-state index contributed by atoms with van der Waals surface area (Å²) in [5, 5.41) is 3.29. The minimum absolute atomic E-state index is 0.0669. The van der Waals surface area contributed by atoms with E-state index in [0.29, 0.717) is 41.0 Å². The number of likely N-dealkylation sites (N-methyl/N-ethyl adjacent to an activating group) is 1. The second kappa shape index (κ2) is 8.59. The number of benzene rings is 2. The van der Waals surface area contributed by atoms with Crippen molar-refractivity contribution in [3.05, 3.63) is 64.2 Å². The number of carbonyl (C=O) groups excluding carboxylic acids is 2. The molecule has 2 amide bonds. The van der Waals surface area contributed by atoms with Crippen LogP contribution in [0.15, 0.2) is 47.3 Å². The van der Waals surface area contributed by atoms with Crippen molar-refractivity contribution in [2.24, 2.45) is 0 Å². The zero-order valence-corrected chi connectivity index (χ0v) is 17.6. The fourth-order valence-corrected chi connectivity index (χ4v) is 3.77. The van der Waals surface area contributed by atoms with Crippen molar-refractivity contribution in [3.8, 4) is 5.75 Å². The van der Waals surface area contributed by atoms with Crippen LogP contribution in [-0.2, 0) is 17.8 Å². The molecule has 4 rings (SSSR count). The highest BCUT2D eigenvalue weighted by atomic mass is 16.5. The minimum atomic E-state index is -0.296. The van der Waals surface area contributed by atoms with Gasteiger partial charge < -0.3 is 15.0 Å². The number of aromatic nitrogens is 2. The fraction of sp³-hybridized carbons (Fsp3) is 0.304. The van der Waals surface area contributed by atoms with E-state index in [0.717, 1.165) is 18.7 Å². The van der Waals surface area contributed by atoms with Gasteiger partial charge in [0.25, 0.3) is 11.5 Å². The Bertz CT molecular complexity index is 1200. The summed E-state index contributed by atoms with van der Waals surface area (Å²) in [6.45, 7) is 2.79. The number of anilines is 1. The van der Waals surface area contributed by atoms with E-state index in [1.54, 1.807) is 54.1 Å². The van der Waals surface area contributed by atoms with Crippen molar-refractivity contribution in [2.75, 3.05) is 25.5 Å². The normalized spacial score (nSPS) is 12.5. The van der Waals surface area contributed by atoms with Gasteiger partial charge in [0.2, 0.25) is 5.91 Å². The molecule has 0 bridgehead atoms. The second-order valence-corrected chi connectivity index (χ2v) is 7.42. The van der Waals surface area contributed by atoms with Gasteiger partial charge in [0.1, 0.15) is 18.1 Å². The molecule has 8 nitrogen and oxygen atoms in total. The van der Waals surface area contributed by atoms with E-state index in [1.807, 2.05) is 6.92 Å². The smallest absolute Gasteiger partial charge is 0.261 e. The number of nitrogens with one attached hydrogen (secondary N) is 1. The highest BCUT2D eigenvalue weighted by Crippen LogP contribution is 2.18. The van der Waals surface area contributed by atoms with E-state index in [-0.39, 0.29) is 23.9 Å². The fourth-order valence-electron chi connectivity index (χ4n) is 3.77. The van der Waals surface area contributed by atoms with E-state index in [9.17, 15) is 14.4 Å². The molecule has 0 unspecified atom stereocenters. The predicted molar refractivity (Wildman–Crippen MR) is 118 cm³/mol. The first-order chi connectivity index (χ1) is 15.0. The van der Waals surface area contributed by atoms with Crippen molar-refractivity contribution in [1.82, 2.24) is 14.5 Å². The van der Waals surface area contributed by atoms with Gasteiger partial charge in [0.15, 0.2) is 0 Å². The Kier molecular flexibility index (Phi) is 5.70. The molecule has 1 N–H and O–H groups in total. The SMILES string of the molecule is CCN(CC(=O)Nc1ccc(OC)cc1)C(=O)c1ccc2c(=O)n3c(nc2c1)CCC3.